The van der Waals surface area contributed by atoms with Crippen LogP contribution in [0.15, 0.2) is 67.0 Å². The van der Waals surface area contributed by atoms with Crippen LogP contribution in [0.25, 0.3) is 27.8 Å². The van der Waals surface area contributed by atoms with E-state index in [0.29, 0.717) is 23.0 Å². The summed E-state index contributed by atoms with van der Waals surface area (Å²) >= 11 is 0. The van der Waals surface area contributed by atoms with E-state index in [4.69, 9.17) is 0 Å². The Morgan fingerprint density at radius 3 is 2.58 bits per heavy atom. The summed E-state index contributed by atoms with van der Waals surface area (Å²) in [6.45, 7) is 4.38. The van der Waals surface area contributed by atoms with Gasteiger partial charge >= 0.3 is 6.18 Å². The van der Waals surface area contributed by atoms with Crippen LogP contribution < -0.4 is 5.32 Å². The summed E-state index contributed by atoms with van der Waals surface area (Å²) in [7, 11) is 0. The number of carbonyl (C=O) groups excluding carboxylic acids is 1. The third-order valence-corrected chi connectivity index (χ3v) is 6.23. The maximum atomic E-state index is 13.9. The number of amides is 1. The predicted molar refractivity (Wildman–Crippen MR) is 132 cm³/mol. The summed E-state index contributed by atoms with van der Waals surface area (Å²) in [4.78, 5) is 20.5. The summed E-state index contributed by atoms with van der Waals surface area (Å²) in [5.41, 5.74) is 2.61. The van der Waals surface area contributed by atoms with Crippen LogP contribution in [0, 0.1) is 0 Å². The molecule has 0 aliphatic carbocycles. The summed E-state index contributed by atoms with van der Waals surface area (Å²) < 4.78 is 42.3. The second kappa shape index (κ2) is 9.14. The minimum Gasteiger partial charge on any atom is -0.361 e. The molecular formula is C27H24F3N5O. The van der Waals surface area contributed by atoms with Gasteiger partial charge in [-0.1, -0.05) is 56.3 Å². The number of alkyl halides is 3. The highest BCUT2D eigenvalue weighted by molar-refractivity contribution is 6.00. The van der Waals surface area contributed by atoms with Crippen LogP contribution in [0.2, 0.25) is 0 Å². The number of fused-ring (bicyclic) bond motifs is 2. The number of halogens is 3. The van der Waals surface area contributed by atoms with Gasteiger partial charge in [0, 0.05) is 29.2 Å². The van der Waals surface area contributed by atoms with Gasteiger partial charge in [-0.15, -0.1) is 0 Å². The van der Waals surface area contributed by atoms with Crippen molar-refractivity contribution in [2.24, 2.45) is 0 Å². The number of hydrogen-bond donors (Lipinski definition) is 2. The van der Waals surface area contributed by atoms with Crippen LogP contribution in [0.1, 0.15) is 46.9 Å². The zero-order chi connectivity index (χ0) is 25.4. The van der Waals surface area contributed by atoms with E-state index in [1.54, 1.807) is 12.1 Å². The minimum atomic E-state index is -4.68. The van der Waals surface area contributed by atoms with Crippen LogP contribution >= 0.6 is 0 Å². The summed E-state index contributed by atoms with van der Waals surface area (Å²) in [5.74, 6) is -0.243. The van der Waals surface area contributed by atoms with Crippen molar-refractivity contribution < 1.29 is 18.0 Å². The molecule has 2 N–H and O–H groups in total. The molecule has 0 radical (unpaired) electrons. The summed E-state index contributed by atoms with van der Waals surface area (Å²) in [6, 6.07) is 16.0. The number of nitrogens with one attached hydrogen (secondary N) is 2. The van der Waals surface area contributed by atoms with E-state index in [9.17, 15) is 18.0 Å². The number of H-pyrrole nitrogens is 1. The molecule has 0 fully saturated rings. The molecule has 0 bridgehead atoms. The van der Waals surface area contributed by atoms with E-state index in [1.165, 1.54) is 0 Å². The average molecular weight is 492 g/mol. The number of carbonyl (C=O) groups is 1. The van der Waals surface area contributed by atoms with Crippen molar-refractivity contribution >= 4 is 22.5 Å². The normalized spacial score (nSPS) is 12.1. The molecule has 0 spiro atoms. The van der Waals surface area contributed by atoms with Gasteiger partial charge in [0.25, 0.3) is 5.91 Å². The second-order valence-electron chi connectivity index (χ2n) is 8.96. The monoisotopic (exact) mass is 491 g/mol. The fourth-order valence-corrected chi connectivity index (χ4v) is 4.26. The smallest absolute Gasteiger partial charge is 0.361 e. The van der Waals surface area contributed by atoms with E-state index in [2.05, 4.69) is 20.4 Å². The molecule has 0 aliphatic heterocycles. The van der Waals surface area contributed by atoms with Gasteiger partial charge in [0.05, 0.1) is 11.9 Å². The van der Waals surface area contributed by atoms with Gasteiger partial charge < -0.3 is 10.3 Å². The zero-order valence-electron chi connectivity index (χ0n) is 19.7. The van der Waals surface area contributed by atoms with Crippen molar-refractivity contribution in [3.8, 4) is 11.3 Å². The number of benzene rings is 2. The summed E-state index contributed by atoms with van der Waals surface area (Å²) in [6.07, 6.45) is -1.10. The molecule has 3 heterocycles. The van der Waals surface area contributed by atoms with Gasteiger partial charge in [-0.2, -0.15) is 18.3 Å². The second-order valence-corrected chi connectivity index (χ2v) is 8.96. The first kappa shape index (κ1) is 23.6. The highest BCUT2D eigenvalue weighted by Gasteiger charge is 2.36. The van der Waals surface area contributed by atoms with E-state index >= 15 is 0 Å². The number of hydrogen-bond acceptors (Lipinski definition) is 3. The number of para-hydroxylation sites is 1. The molecule has 6 nitrogen and oxygen atoms in total. The lowest BCUT2D eigenvalue weighted by molar-refractivity contribution is -0.142. The predicted octanol–water partition coefficient (Wildman–Crippen LogP) is 5.99. The van der Waals surface area contributed by atoms with Crippen LogP contribution in [-0.2, 0) is 12.6 Å². The molecule has 5 rings (SSSR count). The van der Waals surface area contributed by atoms with E-state index in [-0.39, 0.29) is 22.8 Å². The lowest BCUT2D eigenvalue weighted by atomic mass is 10.0. The van der Waals surface area contributed by atoms with Gasteiger partial charge in [0.1, 0.15) is 5.56 Å². The molecule has 0 saturated carbocycles. The molecule has 5 aromatic rings. The lowest BCUT2D eigenvalue weighted by Crippen LogP contribution is -2.26. The Bertz CT molecular complexity index is 1550. The first-order valence-corrected chi connectivity index (χ1v) is 11.6. The van der Waals surface area contributed by atoms with Gasteiger partial charge in [-0.25, -0.2) is 9.50 Å². The minimum absolute atomic E-state index is 0.0138. The molecular weight excluding hydrogens is 467 g/mol. The first-order chi connectivity index (χ1) is 17.2. The average Bonchev–Trinajstić information content (AvgIpc) is 3.47. The molecule has 9 heteroatoms. The van der Waals surface area contributed by atoms with Crippen molar-refractivity contribution in [2.75, 3.05) is 6.54 Å². The van der Waals surface area contributed by atoms with Gasteiger partial charge in [0.15, 0.2) is 11.3 Å². The van der Waals surface area contributed by atoms with Crippen molar-refractivity contribution in [1.29, 1.82) is 0 Å². The fraction of sp³-hybridized carbons (Fsp3) is 0.222. The largest absolute Gasteiger partial charge is 0.433 e. The Kier molecular flexibility index (Phi) is 5.99. The van der Waals surface area contributed by atoms with E-state index in [1.807, 2.05) is 56.4 Å². The van der Waals surface area contributed by atoms with E-state index < -0.39 is 17.8 Å². The van der Waals surface area contributed by atoms with Crippen LogP contribution in [0.3, 0.4) is 0 Å². The maximum absolute atomic E-state index is 13.9. The van der Waals surface area contributed by atoms with Crippen molar-refractivity contribution in [3.05, 3.63) is 89.4 Å². The Morgan fingerprint density at radius 1 is 1.11 bits per heavy atom. The quantitative estimate of drug-likeness (QED) is 0.306. The van der Waals surface area contributed by atoms with Crippen molar-refractivity contribution in [1.82, 2.24) is 24.9 Å². The highest BCUT2D eigenvalue weighted by Crippen LogP contribution is 2.33. The van der Waals surface area contributed by atoms with Crippen LogP contribution in [0.5, 0.6) is 0 Å². The molecule has 2 aromatic carbocycles. The molecule has 0 saturated heterocycles. The highest BCUT2D eigenvalue weighted by atomic mass is 19.4. The number of aromatic nitrogens is 4. The molecule has 0 atom stereocenters. The van der Waals surface area contributed by atoms with Gasteiger partial charge in [0.2, 0.25) is 0 Å². The maximum Gasteiger partial charge on any atom is 0.433 e. The van der Waals surface area contributed by atoms with Crippen molar-refractivity contribution in [3.63, 3.8) is 0 Å². The van der Waals surface area contributed by atoms with Crippen molar-refractivity contribution in [2.45, 2.75) is 32.4 Å². The fourth-order valence-electron chi connectivity index (χ4n) is 4.26. The standard InChI is InChI=1S/C27H24F3N5O/c1-16(2)17-7-9-18(10-8-17)23-13-24(27(28,29)30)35-25(34-23)21(15-33-35)26(36)31-12-11-19-14-32-22-6-4-3-5-20(19)22/h3-10,13-16,32H,11-12H2,1-2H3,(H,31,36). The number of nitrogens with zero attached hydrogens (tertiary/aromatic N) is 3. The van der Waals surface area contributed by atoms with E-state index in [0.717, 1.165) is 34.3 Å². The third kappa shape index (κ3) is 4.44. The Hall–Kier alpha value is -4.14. The van der Waals surface area contributed by atoms with Gasteiger partial charge in [-0.3, -0.25) is 4.79 Å². The molecule has 36 heavy (non-hydrogen) atoms. The molecule has 0 aliphatic rings. The topological polar surface area (TPSA) is 75.1 Å². The zero-order valence-corrected chi connectivity index (χ0v) is 19.7. The lowest BCUT2D eigenvalue weighted by Gasteiger charge is -2.12. The molecule has 184 valence electrons. The molecule has 3 aromatic heterocycles. The molecule has 1 amide bonds. The Labute approximate surface area is 205 Å². The molecule has 0 unspecified atom stereocenters. The van der Waals surface area contributed by atoms with Crippen LogP contribution in [-0.4, -0.2) is 32.0 Å². The Balaban J connectivity index is 1.44. The number of aromatic amines is 1. The Morgan fingerprint density at radius 2 is 1.86 bits per heavy atom. The third-order valence-electron chi connectivity index (χ3n) is 6.23. The van der Waals surface area contributed by atoms with Crippen LogP contribution in [0.4, 0.5) is 13.2 Å². The van der Waals surface area contributed by atoms with Gasteiger partial charge in [-0.05, 0) is 35.6 Å². The SMILES string of the molecule is CC(C)c1ccc(-c2cc(C(F)(F)F)n3ncc(C(=O)NCCc4c[nH]c5ccccc45)c3n2)cc1. The summed E-state index contributed by atoms with van der Waals surface area (Å²) in [5, 5.41) is 7.70. The first-order valence-electron chi connectivity index (χ1n) is 11.6. The number of rotatable bonds is 6.